The fraction of sp³-hybridized carbons (Fsp3) is 0.188. The topological polar surface area (TPSA) is 73.3 Å². The molecule has 4 rings (SSSR count). The van der Waals surface area contributed by atoms with E-state index in [1.807, 2.05) is 36.4 Å². The smallest absolute Gasteiger partial charge is 0.264 e. The van der Waals surface area contributed by atoms with Crippen molar-refractivity contribution < 1.29 is 14.3 Å². The number of benzene rings is 2. The molecule has 0 saturated heterocycles. The molecule has 1 atom stereocenters. The molecule has 0 fully saturated rings. The van der Waals surface area contributed by atoms with E-state index in [4.69, 9.17) is 9.47 Å². The van der Waals surface area contributed by atoms with Crippen LogP contribution in [0.25, 0.3) is 11.0 Å². The quantitative estimate of drug-likeness (QED) is 0.798. The maximum absolute atomic E-state index is 12.3. The predicted molar refractivity (Wildman–Crippen MR) is 85.6 cm³/mol. The van der Waals surface area contributed by atoms with Gasteiger partial charge in [-0.15, -0.1) is 0 Å². The van der Waals surface area contributed by atoms with E-state index in [1.165, 1.54) is 11.7 Å². The molecular formula is C16H13N3O3S. The normalized spacial score (nSPS) is 16.3. The molecule has 7 heteroatoms. The molecule has 2 heterocycles. The van der Waals surface area contributed by atoms with Crippen LogP contribution < -0.4 is 14.8 Å². The predicted octanol–water partition coefficient (Wildman–Crippen LogP) is 2.15. The van der Waals surface area contributed by atoms with Crippen molar-refractivity contribution in [3.8, 4) is 11.5 Å². The average molecular weight is 327 g/mol. The SMILES string of the molecule is O=C(NCc1ccc2nsnc2c1)[C@H]1COc2ccccc2O1. The lowest BCUT2D eigenvalue weighted by Crippen LogP contribution is -2.43. The van der Waals surface area contributed by atoms with E-state index >= 15 is 0 Å². The Bertz CT molecular complexity index is 864. The summed E-state index contributed by atoms with van der Waals surface area (Å²) >= 11 is 1.18. The highest BCUT2D eigenvalue weighted by molar-refractivity contribution is 7.00. The van der Waals surface area contributed by atoms with Crippen LogP contribution in [-0.4, -0.2) is 27.4 Å². The Labute approximate surface area is 136 Å². The maximum atomic E-state index is 12.3. The lowest BCUT2D eigenvalue weighted by atomic mass is 10.2. The van der Waals surface area contributed by atoms with Crippen LogP contribution in [-0.2, 0) is 11.3 Å². The van der Waals surface area contributed by atoms with Gasteiger partial charge in [0.2, 0.25) is 6.10 Å². The minimum atomic E-state index is -0.644. The summed E-state index contributed by atoms with van der Waals surface area (Å²) in [5, 5.41) is 2.87. The van der Waals surface area contributed by atoms with Gasteiger partial charge in [-0.2, -0.15) is 8.75 Å². The number of rotatable bonds is 3. The summed E-state index contributed by atoms with van der Waals surface area (Å²) in [6.07, 6.45) is -0.644. The molecule has 6 nitrogen and oxygen atoms in total. The first-order chi connectivity index (χ1) is 11.3. The molecule has 1 aromatic heterocycles. The molecule has 0 aliphatic carbocycles. The Hall–Kier alpha value is -2.67. The summed E-state index contributed by atoms with van der Waals surface area (Å²) in [6.45, 7) is 0.617. The number of amides is 1. The third-order valence-electron chi connectivity index (χ3n) is 3.59. The van der Waals surface area contributed by atoms with E-state index in [0.717, 1.165) is 16.6 Å². The van der Waals surface area contributed by atoms with Gasteiger partial charge in [0.25, 0.3) is 5.91 Å². The molecule has 1 aliphatic heterocycles. The van der Waals surface area contributed by atoms with Crippen LogP contribution in [0.3, 0.4) is 0 Å². The van der Waals surface area contributed by atoms with Gasteiger partial charge in [0.1, 0.15) is 17.6 Å². The van der Waals surface area contributed by atoms with Crippen LogP contribution in [0.5, 0.6) is 11.5 Å². The van der Waals surface area contributed by atoms with Crippen molar-refractivity contribution in [2.45, 2.75) is 12.6 Å². The summed E-state index contributed by atoms with van der Waals surface area (Å²) in [4.78, 5) is 12.3. The molecule has 0 bridgehead atoms. The number of carbonyl (C=O) groups excluding carboxylic acids is 1. The molecule has 1 amide bonds. The second-order valence-corrected chi connectivity index (χ2v) is 5.70. The lowest BCUT2D eigenvalue weighted by molar-refractivity contribution is -0.130. The van der Waals surface area contributed by atoms with Gasteiger partial charge in [-0.25, -0.2) is 0 Å². The summed E-state index contributed by atoms with van der Waals surface area (Å²) in [6, 6.07) is 13.1. The Morgan fingerprint density at radius 2 is 2.00 bits per heavy atom. The molecule has 2 aromatic carbocycles. The van der Waals surface area contributed by atoms with Crippen molar-refractivity contribution >= 4 is 28.7 Å². The van der Waals surface area contributed by atoms with Crippen LogP contribution in [0.1, 0.15) is 5.56 Å². The summed E-state index contributed by atoms with van der Waals surface area (Å²) in [5.41, 5.74) is 2.68. The molecule has 3 aromatic rings. The van der Waals surface area contributed by atoms with E-state index in [0.29, 0.717) is 18.0 Å². The average Bonchev–Trinajstić information content (AvgIpc) is 3.07. The van der Waals surface area contributed by atoms with Gasteiger partial charge in [0.15, 0.2) is 11.5 Å². The molecule has 23 heavy (non-hydrogen) atoms. The molecule has 1 aliphatic rings. The van der Waals surface area contributed by atoms with Gasteiger partial charge >= 0.3 is 0 Å². The highest BCUT2D eigenvalue weighted by atomic mass is 32.1. The number of hydrogen-bond donors (Lipinski definition) is 1. The minimum Gasteiger partial charge on any atom is -0.485 e. The van der Waals surface area contributed by atoms with E-state index in [-0.39, 0.29) is 12.5 Å². The third kappa shape index (κ3) is 2.83. The zero-order valence-electron chi connectivity index (χ0n) is 12.1. The van der Waals surface area contributed by atoms with Crippen molar-refractivity contribution in [1.82, 2.24) is 14.1 Å². The second-order valence-electron chi connectivity index (χ2n) is 5.17. The van der Waals surface area contributed by atoms with Crippen molar-refractivity contribution in [2.24, 2.45) is 0 Å². The molecule has 0 saturated carbocycles. The third-order valence-corrected chi connectivity index (χ3v) is 4.14. The number of fused-ring (bicyclic) bond motifs is 2. The lowest BCUT2D eigenvalue weighted by Gasteiger charge is -2.25. The monoisotopic (exact) mass is 327 g/mol. The van der Waals surface area contributed by atoms with Crippen LogP contribution >= 0.6 is 11.7 Å². The first-order valence-corrected chi connectivity index (χ1v) is 7.90. The van der Waals surface area contributed by atoms with Crippen molar-refractivity contribution in [2.75, 3.05) is 6.61 Å². The van der Waals surface area contributed by atoms with Crippen LogP contribution in [0.15, 0.2) is 42.5 Å². The van der Waals surface area contributed by atoms with E-state index in [1.54, 1.807) is 6.07 Å². The number of nitrogens with zero attached hydrogens (tertiary/aromatic N) is 2. The largest absolute Gasteiger partial charge is 0.485 e. The molecule has 0 spiro atoms. The Kier molecular flexibility index (Phi) is 3.55. The van der Waals surface area contributed by atoms with E-state index in [9.17, 15) is 4.79 Å². The van der Waals surface area contributed by atoms with Crippen LogP contribution in [0.4, 0.5) is 0 Å². The first kappa shape index (κ1) is 14.0. The summed E-state index contributed by atoms with van der Waals surface area (Å²) < 4.78 is 19.6. The van der Waals surface area contributed by atoms with Crippen LogP contribution in [0, 0.1) is 0 Å². The number of hydrogen-bond acceptors (Lipinski definition) is 6. The number of aromatic nitrogens is 2. The van der Waals surface area contributed by atoms with Gasteiger partial charge in [-0.3, -0.25) is 4.79 Å². The van der Waals surface area contributed by atoms with E-state index in [2.05, 4.69) is 14.1 Å². The molecule has 0 unspecified atom stereocenters. The van der Waals surface area contributed by atoms with Crippen LogP contribution in [0.2, 0.25) is 0 Å². The fourth-order valence-electron chi connectivity index (χ4n) is 2.39. The standard InChI is InChI=1S/C16H13N3O3S/c20-16(15-9-21-13-3-1-2-4-14(13)22-15)17-8-10-5-6-11-12(7-10)19-23-18-11/h1-7,15H,8-9H2,(H,17,20)/t15-/m1/s1. The Morgan fingerprint density at radius 1 is 1.17 bits per heavy atom. The van der Waals surface area contributed by atoms with Crippen molar-refractivity contribution in [3.63, 3.8) is 0 Å². The fourth-order valence-corrected chi connectivity index (χ4v) is 2.91. The zero-order valence-corrected chi connectivity index (χ0v) is 12.9. The zero-order chi connectivity index (χ0) is 15.6. The molecular weight excluding hydrogens is 314 g/mol. The summed E-state index contributed by atoms with van der Waals surface area (Å²) in [7, 11) is 0. The highest BCUT2D eigenvalue weighted by Crippen LogP contribution is 2.30. The summed E-state index contributed by atoms with van der Waals surface area (Å²) in [5.74, 6) is 1.06. The number of ether oxygens (including phenoxy) is 2. The molecule has 0 radical (unpaired) electrons. The maximum Gasteiger partial charge on any atom is 0.264 e. The van der Waals surface area contributed by atoms with Gasteiger partial charge < -0.3 is 14.8 Å². The molecule has 1 N–H and O–H groups in total. The molecule has 116 valence electrons. The number of carbonyl (C=O) groups is 1. The van der Waals surface area contributed by atoms with Gasteiger partial charge in [-0.05, 0) is 29.8 Å². The van der Waals surface area contributed by atoms with Crippen molar-refractivity contribution in [3.05, 3.63) is 48.0 Å². The first-order valence-electron chi connectivity index (χ1n) is 7.17. The Balaban J connectivity index is 1.40. The number of para-hydroxylation sites is 2. The van der Waals surface area contributed by atoms with Gasteiger partial charge in [0, 0.05) is 6.54 Å². The minimum absolute atomic E-state index is 0.198. The van der Waals surface area contributed by atoms with E-state index < -0.39 is 6.10 Å². The number of nitrogens with one attached hydrogen (secondary N) is 1. The van der Waals surface area contributed by atoms with Crippen molar-refractivity contribution in [1.29, 1.82) is 0 Å². The van der Waals surface area contributed by atoms with Gasteiger partial charge in [-0.1, -0.05) is 18.2 Å². The second kappa shape index (κ2) is 5.85. The highest BCUT2D eigenvalue weighted by Gasteiger charge is 2.26. The Morgan fingerprint density at radius 3 is 2.91 bits per heavy atom. The van der Waals surface area contributed by atoms with Gasteiger partial charge in [0.05, 0.1) is 11.7 Å².